The highest BCUT2D eigenvalue weighted by molar-refractivity contribution is 8.00. The first-order valence-electron chi connectivity index (χ1n) is 8.72. The molecule has 0 saturated carbocycles. The summed E-state index contributed by atoms with van der Waals surface area (Å²) in [4.78, 5) is 27.3. The van der Waals surface area contributed by atoms with Gasteiger partial charge in [0.05, 0.1) is 16.3 Å². The maximum absolute atomic E-state index is 12.7. The second kappa shape index (κ2) is 8.74. The molecular weight excluding hydrogens is 436 g/mol. The van der Waals surface area contributed by atoms with Crippen LogP contribution < -0.4 is 10.0 Å². The van der Waals surface area contributed by atoms with Crippen molar-refractivity contribution in [3.63, 3.8) is 0 Å². The third-order valence-electron chi connectivity index (χ3n) is 4.34. The number of primary sulfonamides is 1. The number of para-hydroxylation sites is 1. The summed E-state index contributed by atoms with van der Waals surface area (Å²) >= 11 is 7.51. The molecular formula is C19H19ClN2O5S2. The highest BCUT2D eigenvalue weighted by atomic mass is 35.5. The molecule has 1 heterocycles. The predicted molar refractivity (Wildman–Crippen MR) is 112 cm³/mol. The van der Waals surface area contributed by atoms with Crippen molar-refractivity contribution in [2.24, 2.45) is 5.14 Å². The van der Waals surface area contributed by atoms with Gasteiger partial charge in [-0.25, -0.2) is 18.4 Å². The monoisotopic (exact) mass is 454 g/mol. The molecule has 1 aliphatic heterocycles. The summed E-state index contributed by atoms with van der Waals surface area (Å²) in [6, 6.07) is 11.2. The first-order valence-corrected chi connectivity index (χ1v) is 11.5. The zero-order valence-corrected chi connectivity index (χ0v) is 17.9. The lowest BCUT2D eigenvalue weighted by atomic mass is 10.2. The number of esters is 1. The highest BCUT2D eigenvalue weighted by Gasteiger charge is 2.25. The van der Waals surface area contributed by atoms with E-state index in [0.717, 1.165) is 23.1 Å². The van der Waals surface area contributed by atoms with Gasteiger partial charge in [0.1, 0.15) is 4.90 Å². The van der Waals surface area contributed by atoms with Crippen LogP contribution in [0.15, 0.2) is 52.3 Å². The fraction of sp³-hybridized carbons (Fsp3) is 0.263. The van der Waals surface area contributed by atoms with Crippen molar-refractivity contribution in [3.8, 4) is 0 Å². The number of nitrogens with two attached hydrogens (primary N) is 1. The van der Waals surface area contributed by atoms with Crippen LogP contribution in [-0.4, -0.2) is 38.7 Å². The average molecular weight is 455 g/mol. The highest BCUT2D eigenvalue weighted by Crippen LogP contribution is 2.37. The molecule has 1 amide bonds. The van der Waals surface area contributed by atoms with E-state index in [1.165, 1.54) is 12.1 Å². The standard InChI is InChI=1S/C19H19ClN2O5S2/c1-12-8-9-22(15-4-2-3-5-16(15)28-12)18(23)11-27-19(24)13-6-7-14(20)17(10-13)29(21,25)26/h2-7,10,12H,8-9,11H2,1H3,(H2,21,25,26). The Bertz CT molecular complexity index is 1060. The number of carbonyl (C=O) groups excluding carboxylic acids is 2. The van der Waals surface area contributed by atoms with Crippen LogP contribution >= 0.6 is 23.4 Å². The van der Waals surface area contributed by atoms with Crippen LogP contribution in [0, 0.1) is 0 Å². The molecule has 154 valence electrons. The minimum atomic E-state index is -4.10. The second-order valence-electron chi connectivity index (χ2n) is 6.50. The Morgan fingerprint density at radius 2 is 2.00 bits per heavy atom. The Kier molecular flexibility index (Phi) is 6.52. The smallest absolute Gasteiger partial charge is 0.338 e. The van der Waals surface area contributed by atoms with Gasteiger partial charge in [-0.1, -0.05) is 30.7 Å². The normalized spacial score (nSPS) is 16.7. The zero-order valence-electron chi connectivity index (χ0n) is 15.5. The first-order chi connectivity index (χ1) is 13.7. The third-order valence-corrected chi connectivity index (χ3v) is 6.97. The molecule has 1 atom stereocenters. The fourth-order valence-electron chi connectivity index (χ4n) is 2.88. The van der Waals surface area contributed by atoms with Crippen molar-refractivity contribution < 1.29 is 22.7 Å². The van der Waals surface area contributed by atoms with Crippen LogP contribution in [0.3, 0.4) is 0 Å². The average Bonchev–Trinajstić information content (AvgIpc) is 2.83. The van der Waals surface area contributed by atoms with E-state index in [2.05, 4.69) is 6.92 Å². The molecule has 0 aromatic heterocycles. The number of nitrogens with zero attached hydrogens (tertiary/aromatic N) is 1. The third kappa shape index (κ3) is 5.11. The number of halogens is 1. The van der Waals surface area contributed by atoms with Crippen molar-refractivity contribution in [1.29, 1.82) is 0 Å². The number of thioether (sulfide) groups is 1. The zero-order chi connectivity index (χ0) is 21.2. The van der Waals surface area contributed by atoms with E-state index in [-0.39, 0.29) is 21.4 Å². The molecule has 2 aromatic rings. The topological polar surface area (TPSA) is 107 Å². The Morgan fingerprint density at radius 3 is 2.72 bits per heavy atom. The SMILES string of the molecule is CC1CCN(C(=O)COC(=O)c2ccc(Cl)c(S(N)(=O)=O)c2)c2ccccc2S1. The van der Waals surface area contributed by atoms with E-state index in [1.54, 1.807) is 16.7 Å². The van der Waals surface area contributed by atoms with Crippen molar-refractivity contribution >= 4 is 50.9 Å². The molecule has 0 bridgehead atoms. The summed E-state index contributed by atoms with van der Waals surface area (Å²) < 4.78 is 28.2. The van der Waals surface area contributed by atoms with Crippen LogP contribution in [0.5, 0.6) is 0 Å². The molecule has 29 heavy (non-hydrogen) atoms. The predicted octanol–water partition coefficient (Wildman–Crippen LogP) is 3.06. The minimum Gasteiger partial charge on any atom is -0.452 e. The van der Waals surface area contributed by atoms with Gasteiger partial charge in [-0.2, -0.15) is 0 Å². The second-order valence-corrected chi connectivity index (χ2v) is 9.91. The number of sulfonamides is 1. The van der Waals surface area contributed by atoms with Gasteiger partial charge in [0, 0.05) is 16.7 Å². The summed E-state index contributed by atoms with van der Waals surface area (Å²) in [5, 5.41) is 5.34. The molecule has 2 aromatic carbocycles. The maximum Gasteiger partial charge on any atom is 0.338 e. The Hall–Kier alpha value is -2.07. The lowest BCUT2D eigenvalue weighted by Crippen LogP contribution is -2.35. The van der Waals surface area contributed by atoms with Gasteiger partial charge in [0.25, 0.3) is 5.91 Å². The quantitative estimate of drug-likeness (QED) is 0.711. The van der Waals surface area contributed by atoms with Gasteiger partial charge >= 0.3 is 5.97 Å². The van der Waals surface area contributed by atoms with Crippen LogP contribution in [0.1, 0.15) is 23.7 Å². The number of hydrogen-bond donors (Lipinski definition) is 1. The van der Waals surface area contributed by atoms with Crippen LogP contribution in [0.4, 0.5) is 5.69 Å². The fourth-order valence-corrected chi connectivity index (χ4v) is 5.07. The number of ether oxygens (including phenoxy) is 1. The van der Waals surface area contributed by atoms with E-state index in [1.807, 2.05) is 24.3 Å². The summed E-state index contributed by atoms with van der Waals surface area (Å²) in [7, 11) is -4.10. The molecule has 0 radical (unpaired) electrons. The van der Waals surface area contributed by atoms with Gasteiger partial charge in [-0.3, -0.25) is 4.79 Å². The number of rotatable bonds is 4. The molecule has 0 saturated heterocycles. The number of carbonyl (C=O) groups is 2. The Morgan fingerprint density at radius 1 is 1.28 bits per heavy atom. The lowest BCUT2D eigenvalue weighted by molar-refractivity contribution is -0.121. The van der Waals surface area contributed by atoms with Gasteiger partial charge < -0.3 is 9.64 Å². The van der Waals surface area contributed by atoms with E-state index in [4.69, 9.17) is 21.5 Å². The number of benzene rings is 2. The van der Waals surface area contributed by atoms with Crippen molar-refractivity contribution in [3.05, 3.63) is 53.1 Å². The molecule has 0 spiro atoms. The molecule has 7 nitrogen and oxygen atoms in total. The van der Waals surface area contributed by atoms with Gasteiger partial charge in [0.2, 0.25) is 10.0 Å². The van der Waals surface area contributed by atoms with Gasteiger partial charge in [-0.05, 0) is 36.8 Å². The summed E-state index contributed by atoms with van der Waals surface area (Å²) in [5.74, 6) is -1.20. The summed E-state index contributed by atoms with van der Waals surface area (Å²) in [6.07, 6.45) is 0.800. The van der Waals surface area contributed by atoms with E-state index in [0.29, 0.717) is 11.8 Å². The molecule has 10 heteroatoms. The number of fused-ring (bicyclic) bond motifs is 1. The van der Waals surface area contributed by atoms with Crippen molar-refractivity contribution in [1.82, 2.24) is 0 Å². The summed E-state index contributed by atoms with van der Waals surface area (Å²) in [5.41, 5.74) is 0.720. The van der Waals surface area contributed by atoms with Crippen LogP contribution in [0.25, 0.3) is 0 Å². The van der Waals surface area contributed by atoms with E-state index >= 15 is 0 Å². The minimum absolute atomic E-state index is 0.0633. The van der Waals surface area contributed by atoms with Gasteiger partial charge in [-0.15, -0.1) is 11.8 Å². The number of anilines is 1. The molecule has 3 rings (SSSR count). The van der Waals surface area contributed by atoms with Gasteiger partial charge in [0.15, 0.2) is 6.61 Å². The first kappa shape index (κ1) is 21.6. The molecule has 0 aliphatic carbocycles. The maximum atomic E-state index is 12.7. The Labute approximate surface area is 178 Å². The van der Waals surface area contributed by atoms with E-state index < -0.39 is 22.6 Å². The molecule has 1 aliphatic rings. The number of amides is 1. The van der Waals surface area contributed by atoms with Crippen molar-refractivity contribution in [2.45, 2.75) is 28.4 Å². The summed E-state index contributed by atoms with van der Waals surface area (Å²) in [6.45, 7) is 2.14. The molecule has 0 fully saturated rings. The van der Waals surface area contributed by atoms with Crippen molar-refractivity contribution in [2.75, 3.05) is 18.1 Å². The molecule has 1 unspecified atom stereocenters. The largest absolute Gasteiger partial charge is 0.452 e. The number of hydrogen-bond acceptors (Lipinski definition) is 6. The lowest BCUT2D eigenvalue weighted by Gasteiger charge is -2.22. The Balaban J connectivity index is 1.74. The van der Waals surface area contributed by atoms with Crippen LogP contribution in [-0.2, 0) is 19.6 Å². The molecule has 2 N–H and O–H groups in total. The van der Waals surface area contributed by atoms with E-state index in [9.17, 15) is 18.0 Å². The van der Waals surface area contributed by atoms with Crippen LogP contribution in [0.2, 0.25) is 5.02 Å².